The van der Waals surface area contributed by atoms with Crippen LogP contribution in [0.1, 0.15) is 206 Å². The molecule has 53 heavy (non-hydrogen) atoms. The molecule has 0 aromatic heterocycles. The Bertz CT molecular complexity index is 928. The van der Waals surface area contributed by atoms with Crippen molar-refractivity contribution in [3.63, 3.8) is 0 Å². The summed E-state index contributed by atoms with van der Waals surface area (Å²) in [6, 6.07) is 0. The fourth-order valence-electron chi connectivity index (χ4n) is 6.08. The lowest BCUT2D eigenvalue weighted by atomic mass is 10.0. The van der Waals surface area contributed by atoms with Crippen LogP contribution in [-0.4, -0.2) is 49.3 Å². The normalized spacial score (nSPS) is 13.5. The summed E-state index contributed by atoms with van der Waals surface area (Å²) in [4.78, 5) is 34.8. The van der Waals surface area contributed by atoms with Crippen LogP contribution in [0.4, 0.5) is 0 Å². The molecule has 3 N–H and O–H groups in total. The van der Waals surface area contributed by atoms with Gasteiger partial charge in [0.15, 0.2) is 6.10 Å². The standard InChI is InChI=1S/C43H82NO8P/c1-3-5-7-9-11-13-15-17-19-20-22-23-25-27-29-31-33-35-42(45)49-39-41(40-51-53(47,48)50-38-37-44)52-43(46)36-34-32-30-28-26-24-21-18-16-14-12-10-8-6-4-2/h12,14,18,21,41H,3-11,13,15-17,19-20,22-40,44H2,1-2H3,(H,47,48)/t41-/m1/s1. The second-order valence-corrected chi connectivity index (χ2v) is 16.0. The van der Waals surface area contributed by atoms with Crippen LogP contribution in [0.3, 0.4) is 0 Å². The molecule has 0 radical (unpaired) electrons. The lowest BCUT2D eigenvalue weighted by molar-refractivity contribution is -0.161. The summed E-state index contributed by atoms with van der Waals surface area (Å²) in [5, 5.41) is 0. The number of carbonyl (C=O) groups is 2. The Kier molecular flexibility index (Phi) is 39.0. The van der Waals surface area contributed by atoms with Crippen molar-refractivity contribution in [2.75, 3.05) is 26.4 Å². The third-order valence-corrected chi connectivity index (χ3v) is 10.3. The molecule has 2 atom stereocenters. The molecule has 1 unspecified atom stereocenters. The molecule has 0 spiro atoms. The van der Waals surface area contributed by atoms with E-state index in [4.69, 9.17) is 24.3 Å². The Labute approximate surface area is 325 Å². The highest BCUT2D eigenvalue weighted by Gasteiger charge is 2.26. The first kappa shape index (κ1) is 51.5. The predicted octanol–water partition coefficient (Wildman–Crippen LogP) is 12.4. The number of phosphoric ester groups is 1. The average molecular weight is 772 g/mol. The fraction of sp³-hybridized carbons (Fsp3) is 0.860. The zero-order valence-electron chi connectivity index (χ0n) is 34.3. The van der Waals surface area contributed by atoms with Gasteiger partial charge >= 0.3 is 19.8 Å². The maximum atomic E-state index is 12.6. The number of esters is 2. The minimum absolute atomic E-state index is 0.0525. The minimum atomic E-state index is -4.38. The van der Waals surface area contributed by atoms with Crippen LogP contribution in [0, 0.1) is 0 Å². The van der Waals surface area contributed by atoms with Crippen molar-refractivity contribution in [3.05, 3.63) is 24.3 Å². The maximum absolute atomic E-state index is 12.6. The number of hydrogen-bond donors (Lipinski definition) is 2. The van der Waals surface area contributed by atoms with Crippen molar-refractivity contribution < 1.29 is 37.6 Å². The van der Waals surface area contributed by atoms with Crippen molar-refractivity contribution in [2.24, 2.45) is 5.73 Å². The largest absolute Gasteiger partial charge is 0.472 e. The van der Waals surface area contributed by atoms with E-state index in [0.29, 0.717) is 6.42 Å². The zero-order chi connectivity index (χ0) is 38.9. The molecule has 0 fully saturated rings. The molecule has 0 aliphatic carbocycles. The van der Waals surface area contributed by atoms with E-state index in [1.165, 1.54) is 116 Å². The van der Waals surface area contributed by atoms with Crippen molar-refractivity contribution in [3.8, 4) is 0 Å². The number of nitrogens with two attached hydrogens (primary N) is 1. The number of allylic oxidation sites excluding steroid dienone is 4. The van der Waals surface area contributed by atoms with Gasteiger partial charge in [0.1, 0.15) is 6.61 Å². The molecule has 0 saturated heterocycles. The summed E-state index contributed by atoms with van der Waals surface area (Å²) >= 11 is 0. The van der Waals surface area contributed by atoms with Gasteiger partial charge in [0.05, 0.1) is 13.2 Å². The number of ether oxygens (including phenoxy) is 2. The van der Waals surface area contributed by atoms with Crippen LogP contribution in [0.25, 0.3) is 0 Å². The Morgan fingerprint density at radius 3 is 1.47 bits per heavy atom. The Balaban J connectivity index is 4.14. The van der Waals surface area contributed by atoms with E-state index < -0.39 is 26.5 Å². The molecule has 0 aromatic rings. The molecular formula is C43H82NO8P. The molecule has 0 bridgehead atoms. The van der Waals surface area contributed by atoms with Crippen molar-refractivity contribution in [2.45, 2.75) is 213 Å². The summed E-state index contributed by atoms with van der Waals surface area (Å²) in [5.41, 5.74) is 5.34. The number of phosphoric acid groups is 1. The minimum Gasteiger partial charge on any atom is -0.462 e. The predicted molar refractivity (Wildman–Crippen MR) is 220 cm³/mol. The molecule has 0 rings (SSSR count). The van der Waals surface area contributed by atoms with E-state index in [2.05, 4.69) is 38.2 Å². The number of rotatable bonds is 41. The van der Waals surface area contributed by atoms with Gasteiger partial charge in [-0.2, -0.15) is 0 Å². The summed E-state index contributed by atoms with van der Waals surface area (Å²) in [5.74, 6) is -0.837. The molecule has 0 aromatic carbocycles. The van der Waals surface area contributed by atoms with Crippen LogP contribution in [0.5, 0.6) is 0 Å². The monoisotopic (exact) mass is 772 g/mol. The van der Waals surface area contributed by atoms with Gasteiger partial charge in [-0.3, -0.25) is 18.6 Å². The topological polar surface area (TPSA) is 134 Å². The molecule has 0 aliphatic rings. The van der Waals surface area contributed by atoms with Gasteiger partial charge in [-0.1, -0.05) is 173 Å². The summed E-state index contributed by atoms with van der Waals surface area (Å²) in [6.45, 7) is 3.71. The second kappa shape index (κ2) is 40.2. The summed E-state index contributed by atoms with van der Waals surface area (Å²) in [6.07, 6.45) is 42.0. The van der Waals surface area contributed by atoms with Crippen LogP contribution in [0.15, 0.2) is 24.3 Å². The molecule has 312 valence electrons. The van der Waals surface area contributed by atoms with Crippen molar-refractivity contribution in [1.29, 1.82) is 0 Å². The quantitative estimate of drug-likeness (QED) is 0.0269. The number of carbonyl (C=O) groups excluding carboxylic acids is 2. The van der Waals surface area contributed by atoms with Gasteiger partial charge in [0.25, 0.3) is 0 Å². The van der Waals surface area contributed by atoms with Crippen LogP contribution >= 0.6 is 7.82 Å². The Morgan fingerprint density at radius 1 is 0.566 bits per heavy atom. The molecular weight excluding hydrogens is 689 g/mol. The van der Waals surface area contributed by atoms with Gasteiger partial charge in [-0.25, -0.2) is 4.57 Å². The van der Waals surface area contributed by atoms with E-state index in [0.717, 1.165) is 57.8 Å². The summed E-state index contributed by atoms with van der Waals surface area (Å²) < 4.78 is 32.8. The number of unbranched alkanes of at least 4 members (excludes halogenated alkanes) is 24. The van der Waals surface area contributed by atoms with E-state index in [1.807, 2.05) is 0 Å². The highest BCUT2D eigenvalue weighted by molar-refractivity contribution is 7.47. The van der Waals surface area contributed by atoms with Crippen molar-refractivity contribution in [1.82, 2.24) is 0 Å². The highest BCUT2D eigenvalue weighted by atomic mass is 31.2. The van der Waals surface area contributed by atoms with Crippen LogP contribution < -0.4 is 5.73 Å². The molecule has 0 amide bonds. The molecule has 0 heterocycles. The first-order chi connectivity index (χ1) is 25.8. The van der Waals surface area contributed by atoms with Gasteiger partial charge in [0.2, 0.25) is 0 Å². The smallest absolute Gasteiger partial charge is 0.462 e. The van der Waals surface area contributed by atoms with Gasteiger partial charge < -0.3 is 20.1 Å². The van der Waals surface area contributed by atoms with E-state index in [9.17, 15) is 19.0 Å². The van der Waals surface area contributed by atoms with Crippen LogP contribution in [0.2, 0.25) is 0 Å². The SMILES string of the molecule is CCCCCC=CCC=CCCCCCCCC(=O)O[C@H](COC(=O)CCCCCCCCCCCCCCCCCCC)COP(=O)(O)OCCN. The first-order valence-corrected chi connectivity index (χ1v) is 23.3. The Hall–Kier alpha value is -1.51. The summed E-state index contributed by atoms with van der Waals surface area (Å²) in [7, 11) is -4.38. The molecule has 9 nitrogen and oxygen atoms in total. The maximum Gasteiger partial charge on any atom is 0.472 e. The fourth-order valence-corrected chi connectivity index (χ4v) is 6.84. The third kappa shape index (κ3) is 40.0. The van der Waals surface area contributed by atoms with Crippen LogP contribution in [-0.2, 0) is 32.7 Å². The van der Waals surface area contributed by atoms with E-state index in [1.54, 1.807) is 0 Å². The van der Waals surface area contributed by atoms with Gasteiger partial charge in [-0.05, 0) is 44.9 Å². The third-order valence-electron chi connectivity index (χ3n) is 9.34. The Morgan fingerprint density at radius 2 is 0.981 bits per heavy atom. The second-order valence-electron chi connectivity index (χ2n) is 14.6. The lowest BCUT2D eigenvalue weighted by Crippen LogP contribution is -2.29. The molecule has 0 saturated carbocycles. The lowest BCUT2D eigenvalue weighted by Gasteiger charge is -2.19. The molecule has 0 aliphatic heterocycles. The zero-order valence-corrected chi connectivity index (χ0v) is 35.2. The van der Waals surface area contributed by atoms with Gasteiger partial charge in [0, 0.05) is 19.4 Å². The highest BCUT2D eigenvalue weighted by Crippen LogP contribution is 2.43. The van der Waals surface area contributed by atoms with E-state index >= 15 is 0 Å². The first-order valence-electron chi connectivity index (χ1n) is 21.8. The van der Waals surface area contributed by atoms with Crippen molar-refractivity contribution >= 4 is 19.8 Å². The van der Waals surface area contributed by atoms with E-state index in [-0.39, 0.29) is 38.6 Å². The number of hydrogen-bond acceptors (Lipinski definition) is 8. The average Bonchev–Trinajstić information content (AvgIpc) is 3.14. The molecule has 10 heteroatoms. The van der Waals surface area contributed by atoms with Gasteiger partial charge in [-0.15, -0.1) is 0 Å².